The van der Waals surface area contributed by atoms with Crippen molar-refractivity contribution in [3.8, 4) is 5.75 Å². The van der Waals surface area contributed by atoms with E-state index in [0.717, 1.165) is 0 Å². The molecule has 0 radical (unpaired) electrons. The van der Waals surface area contributed by atoms with Gasteiger partial charge in [-0.2, -0.15) is 0 Å². The monoisotopic (exact) mass is 255 g/mol. The molecule has 0 unspecified atom stereocenters. The zero-order valence-corrected chi connectivity index (χ0v) is 10.4. The van der Waals surface area contributed by atoms with E-state index >= 15 is 0 Å². The van der Waals surface area contributed by atoms with Gasteiger partial charge in [-0.3, -0.25) is 0 Å². The molecule has 0 amide bonds. The molecular weight excluding hydrogens is 242 g/mol. The summed E-state index contributed by atoms with van der Waals surface area (Å²) >= 11 is 0. The molecule has 1 rings (SSSR count). The van der Waals surface area contributed by atoms with Crippen LogP contribution in [0.5, 0.6) is 5.75 Å². The quantitative estimate of drug-likeness (QED) is 0.460. The van der Waals surface area contributed by atoms with Crippen LogP contribution in [-0.2, 0) is 10.0 Å². The molecule has 1 aromatic rings. The van der Waals surface area contributed by atoms with Gasteiger partial charge in [0.2, 0.25) is 0 Å². The second-order valence-corrected chi connectivity index (χ2v) is 5.41. The van der Waals surface area contributed by atoms with Gasteiger partial charge >= 0.3 is 0 Å². The number of rotatable bonds is 5. The van der Waals surface area contributed by atoms with Gasteiger partial charge in [0.15, 0.2) is 0 Å². The Morgan fingerprint density at radius 3 is 2.41 bits per heavy atom. The molecule has 0 atom stereocenters. The third-order valence-electron chi connectivity index (χ3n) is 1.85. The standard InChI is InChI=1S/C10H13N3O3S/c1-8(2)7-16-9-3-5-10(6-4-9)17(14,15)13-12-11/h3-6,8H,7H2,1-2H3. The van der Waals surface area contributed by atoms with E-state index in [-0.39, 0.29) is 4.90 Å². The molecule has 7 heteroatoms. The molecule has 92 valence electrons. The van der Waals surface area contributed by atoms with Crippen molar-refractivity contribution in [2.24, 2.45) is 10.4 Å². The lowest BCUT2D eigenvalue weighted by Gasteiger charge is -2.08. The highest BCUT2D eigenvalue weighted by Crippen LogP contribution is 2.18. The molecule has 17 heavy (non-hydrogen) atoms. The van der Waals surface area contributed by atoms with Crippen LogP contribution < -0.4 is 4.74 Å². The highest BCUT2D eigenvalue weighted by Gasteiger charge is 2.11. The van der Waals surface area contributed by atoms with E-state index in [9.17, 15) is 8.42 Å². The molecule has 0 aliphatic heterocycles. The van der Waals surface area contributed by atoms with Gasteiger partial charge in [-0.15, -0.1) is 0 Å². The zero-order chi connectivity index (χ0) is 12.9. The fraction of sp³-hybridized carbons (Fsp3) is 0.400. The molecular formula is C10H13N3O3S. The summed E-state index contributed by atoms with van der Waals surface area (Å²) in [5.41, 5.74) is 8.12. The average molecular weight is 255 g/mol. The number of nitrogens with zero attached hydrogens (tertiary/aromatic N) is 3. The van der Waals surface area contributed by atoms with Gasteiger partial charge < -0.3 is 4.74 Å². The first-order chi connectivity index (χ1) is 7.95. The Hall–Kier alpha value is -1.72. The second-order valence-electron chi connectivity index (χ2n) is 3.82. The minimum Gasteiger partial charge on any atom is -0.493 e. The third-order valence-corrected chi connectivity index (χ3v) is 3.00. The van der Waals surface area contributed by atoms with Crippen molar-refractivity contribution < 1.29 is 13.2 Å². The zero-order valence-electron chi connectivity index (χ0n) is 9.57. The Labute approximate surface area is 99.9 Å². The van der Waals surface area contributed by atoms with Crippen LogP contribution in [0.1, 0.15) is 13.8 Å². The summed E-state index contributed by atoms with van der Waals surface area (Å²) in [5.74, 6) is 0.972. The molecule has 0 aromatic heterocycles. The predicted octanol–water partition coefficient (Wildman–Crippen LogP) is 2.72. The van der Waals surface area contributed by atoms with Crippen molar-refractivity contribution in [1.82, 2.24) is 0 Å². The largest absolute Gasteiger partial charge is 0.493 e. The predicted molar refractivity (Wildman–Crippen MR) is 63.1 cm³/mol. The smallest absolute Gasteiger partial charge is 0.264 e. The van der Waals surface area contributed by atoms with Gasteiger partial charge in [0.05, 0.1) is 11.5 Å². The molecule has 6 nitrogen and oxygen atoms in total. The lowest BCUT2D eigenvalue weighted by Crippen LogP contribution is -2.04. The lowest BCUT2D eigenvalue weighted by atomic mass is 10.2. The van der Waals surface area contributed by atoms with Crippen molar-refractivity contribution in [2.45, 2.75) is 18.7 Å². The van der Waals surface area contributed by atoms with Gasteiger partial charge in [-0.1, -0.05) is 13.8 Å². The number of ether oxygens (including phenoxy) is 1. The maximum atomic E-state index is 11.3. The summed E-state index contributed by atoms with van der Waals surface area (Å²) in [6.45, 7) is 4.59. The van der Waals surface area contributed by atoms with E-state index in [1.807, 2.05) is 13.8 Å². The van der Waals surface area contributed by atoms with E-state index in [0.29, 0.717) is 18.3 Å². The summed E-state index contributed by atoms with van der Waals surface area (Å²) in [7, 11) is -3.91. The van der Waals surface area contributed by atoms with Crippen LogP contribution in [0.25, 0.3) is 10.4 Å². The first-order valence-electron chi connectivity index (χ1n) is 5.00. The second kappa shape index (κ2) is 5.56. The van der Waals surface area contributed by atoms with Crippen LogP contribution in [0.2, 0.25) is 0 Å². The molecule has 0 fully saturated rings. The number of hydrogen-bond donors (Lipinski definition) is 0. The van der Waals surface area contributed by atoms with Crippen LogP contribution in [0, 0.1) is 5.92 Å². The molecule has 0 aliphatic carbocycles. The molecule has 0 saturated carbocycles. The maximum absolute atomic E-state index is 11.3. The SMILES string of the molecule is CC(C)COc1ccc(S(=O)(=O)N=[N+]=[N-])cc1. The fourth-order valence-electron chi connectivity index (χ4n) is 1.07. The van der Waals surface area contributed by atoms with E-state index in [4.69, 9.17) is 10.3 Å². The first kappa shape index (κ1) is 13.3. The molecule has 0 bridgehead atoms. The summed E-state index contributed by atoms with van der Waals surface area (Å²) < 4.78 is 30.8. The fourth-order valence-corrected chi connectivity index (χ4v) is 1.74. The van der Waals surface area contributed by atoms with Crippen molar-refractivity contribution in [3.05, 3.63) is 34.7 Å². The molecule has 0 N–H and O–H groups in total. The minimum atomic E-state index is -3.91. The van der Waals surface area contributed by atoms with Crippen LogP contribution in [0.4, 0.5) is 0 Å². The van der Waals surface area contributed by atoms with Gasteiger partial charge in [-0.05, 0) is 35.7 Å². The van der Waals surface area contributed by atoms with Crippen LogP contribution in [0.15, 0.2) is 33.7 Å². The third kappa shape index (κ3) is 3.97. The molecule has 0 saturated heterocycles. The molecule has 0 spiro atoms. The van der Waals surface area contributed by atoms with Gasteiger partial charge in [-0.25, -0.2) is 8.42 Å². The number of azide groups is 1. The highest BCUT2D eigenvalue weighted by molar-refractivity contribution is 7.90. The Morgan fingerprint density at radius 2 is 1.94 bits per heavy atom. The van der Waals surface area contributed by atoms with Crippen LogP contribution >= 0.6 is 0 Å². The number of sulfonamides is 1. The van der Waals surface area contributed by atoms with Gasteiger partial charge in [0.1, 0.15) is 5.75 Å². The van der Waals surface area contributed by atoms with E-state index in [1.54, 1.807) is 0 Å². The molecule has 1 aromatic carbocycles. The van der Waals surface area contributed by atoms with Crippen molar-refractivity contribution in [1.29, 1.82) is 0 Å². The van der Waals surface area contributed by atoms with Gasteiger partial charge in [0.25, 0.3) is 10.0 Å². The summed E-state index contributed by atoms with van der Waals surface area (Å²) in [6.07, 6.45) is 0. The van der Waals surface area contributed by atoms with Crippen LogP contribution in [0.3, 0.4) is 0 Å². The Morgan fingerprint density at radius 1 is 1.35 bits per heavy atom. The van der Waals surface area contributed by atoms with Crippen molar-refractivity contribution in [2.75, 3.05) is 6.61 Å². The normalized spacial score (nSPS) is 11.0. The average Bonchev–Trinajstić information content (AvgIpc) is 2.27. The van der Waals surface area contributed by atoms with E-state index < -0.39 is 10.0 Å². The first-order valence-corrected chi connectivity index (χ1v) is 6.44. The summed E-state index contributed by atoms with van der Waals surface area (Å²) in [4.78, 5) is 2.22. The van der Waals surface area contributed by atoms with Crippen molar-refractivity contribution in [3.63, 3.8) is 0 Å². The number of benzene rings is 1. The Balaban J connectivity index is 2.85. The summed E-state index contributed by atoms with van der Waals surface area (Å²) in [5, 5.41) is 0. The Bertz CT molecular complexity index is 516. The lowest BCUT2D eigenvalue weighted by molar-refractivity contribution is 0.271. The minimum absolute atomic E-state index is 0.0489. The topological polar surface area (TPSA) is 92.1 Å². The van der Waals surface area contributed by atoms with Crippen molar-refractivity contribution >= 4 is 10.0 Å². The number of hydrogen-bond acceptors (Lipinski definition) is 3. The van der Waals surface area contributed by atoms with Gasteiger partial charge in [0, 0.05) is 9.43 Å². The summed E-state index contributed by atoms with van der Waals surface area (Å²) in [6, 6.07) is 5.75. The highest BCUT2D eigenvalue weighted by atomic mass is 32.2. The van der Waals surface area contributed by atoms with E-state index in [1.165, 1.54) is 24.3 Å². The Kier molecular flexibility index (Phi) is 4.37. The molecule has 0 aliphatic rings. The molecule has 0 heterocycles. The van der Waals surface area contributed by atoms with Crippen LogP contribution in [-0.4, -0.2) is 15.0 Å². The van der Waals surface area contributed by atoms with E-state index in [2.05, 4.69) is 9.43 Å². The maximum Gasteiger partial charge on any atom is 0.264 e.